The summed E-state index contributed by atoms with van der Waals surface area (Å²) >= 11 is 0. The molecule has 2 aliphatic rings. The molecular formula is C8H11FO2. The van der Waals surface area contributed by atoms with Gasteiger partial charge in [-0.3, -0.25) is 4.79 Å². The van der Waals surface area contributed by atoms with Crippen LogP contribution in [0.3, 0.4) is 0 Å². The summed E-state index contributed by atoms with van der Waals surface area (Å²) in [5.41, 5.74) is -0.981. The van der Waals surface area contributed by atoms with Crippen LogP contribution >= 0.6 is 0 Å². The first-order valence-electron chi connectivity index (χ1n) is 4.02. The van der Waals surface area contributed by atoms with E-state index in [2.05, 4.69) is 0 Å². The minimum atomic E-state index is -1.08. The van der Waals surface area contributed by atoms with Crippen molar-refractivity contribution in [2.75, 3.05) is 0 Å². The standard InChI is InChI=1S/C8H11FO2/c9-6-3-5-1-2-8(6,4-5)7(10)11/h5-6H,1-4H2,(H,10,11). The molecule has 3 atom stereocenters. The van der Waals surface area contributed by atoms with Gasteiger partial charge >= 0.3 is 5.97 Å². The van der Waals surface area contributed by atoms with Gasteiger partial charge in [0.25, 0.3) is 0 Å². The van der Waals surface area contributed by atoms with Gasteiger partial charge < -0.3 is 5.11 Å². The summed E-state index contributed by atoms with van der Waals surface area (Å²) in [6.45, 7) is 0. The maximum absolute atomic E-state index is 13.1. The molecule has 0 aliphatic heterocycles. The van der Waals surface area contributed by atoms with E-state index in [9.17, 15) is 9.18 Å². The summed E-state index contributed by atoms with van der Waals surface area (Å²) in [5, 5.41) is 8.82. The highest BCUT2D eigenvalue weighted by atomic mass is 19.1. The second-order valence-corrected chi connectivity index (χ2v) is 3.77. The summed E-state index contributed by atoms with van der Waals surface area (Å²) in [7, 11) is 0. The SMILES string of the molecule is O=C(O)C12CCC(CC1F)C2. The van der Waals surface area contributed by atoms with E-state index in [1.807, 2.05) is 0 Å². The number of aliphatic carboxylic acids is 1. The Morgan fingerprint density at radius 2 is 2.36 bits per heavy atom. The zero-order valence-corrected chi connectivity index (χ0v) is 6.22. The maximum Gasteiger partial charge on any atom is 0.312 e. The molecule has 3 heteroatoms. The molecule has 0 amide bonds. The van der Waals surface area contributed by atoms with E-state index in [-0.39, 0.29) is 0 Å². The van der Waals surface area contributed by atoms with Crippen LogP contribution in [-0.4, -0.2) is 17.2 Å². The van der Waals surface area contributed by atoms with Gasteiger partial charge in [-0.15, -0.1) is 0 Å². The van der Waals surface area contributed by atoms with Crippen LogP contribution < -0.4 is 0 Å². The molecule has 2 saturated carbocycles. The Morgan fingerprint density at radius 3 is 2.64 bits per heavy atom. The molecule has 0 aromatic rings. The molecule has 2 bridgehead atoms. The quantitative estimate of drug-likeness (QED) is 0.629. The van der Waals surface area contributed by atoms with E-state index < -0.39 is 17.6 Å². The second kappa shape index (κ2) is 1.96. The highest BCUT2D eigenvalue weighted by Crippen LogP contribution is 2.55. The molecule has 2 aliphatic carbocycles. The average Bonchev–Trinajstić information content (AvgIpc) is 2.43. The molecule has 0 aromatic heterocycles. The molecule has 2 rings (SSSR count). The monoisotopic (exact) mass is 158 g/mol. The summed E-state index contributed by atoms with van der Waals surface area (Å²) in [6, 6.07) is 0. The first-order chi connectivity index (χ1) is 5.15. The van der Waals surface area contributed by atoms with Crippen LogP contribution in [0.4, 0.5) is 4.39 Å². The van der Waals surface area contributed by atoms with Crippen molar-refractivity contribution in [2.24, 2.45) is 11.3 Å². The average molecular weight is 158 g/mol. The van der Waals surface area contributed by atoms with Crippen LogP contribution in [0.2, 0.25) is 0 Å². The van der Waals surface area contributed by atoms with Gasteiger partial charge in [0.2, 0.25) is 0 Å². The van der Waals surface area contributed by atoms with Crippen molar-refractivity contribution in [3.63, 3.8) is 0 Å². The lowest BCUT2D eigenvalue weighted by Gasteiger charge is -2.24. The van der Waals surface area contributed by atoms with Crippen LogP contribution in [0.5, 0.6) is 0 Å². The van der Waals surface area contributed by atoms with Crippen molar-refractivity contribution in [1.82, 2.24) is 0 Å². The molecule has 3 unspecified atom stereocenters. The van der Waals surface area contributed by atoms with Crippen molar-refractivity contribution in [1.29, 1.82) is 0 Å². The highest BCUT2D eigenvalue weighted by Gasteiger charge is 2.57. The molecule has 0 heterocycles. The summed E-state index contributed by atoms with van der Waals surface area (Å²) < 4.78 is 13.1. The van der Waals surface area contributed by atoms with Crippen molar-refractivity contribution in [3.8, 4) is 0 Å². The first kappa shape index (κ1) is 7.07. The van der Waals surface area contributed by atoms with Gasteiger partial charge in [0.05, 0.1) is 5.41 Å². The van der Waals surface area contributed by atoms with Crippen LogP contribution in [0.1, 0.15) is 25.7 Å². The lowest BCUT2D eigenvalue weighted by Crippen LogP contribution is -2.35. The lowest BCUT2D eigenvalue weighted by molar-refractivity contribution is -0.151. The number of carboxylic acid groups (broad SMARTS) is 1. The Hall–Kier alpha value is -0.600. The molecule has 2 fully saturated rings. The predicted octanol–water partition coefficient (Wildman–Crippen LogP) is 1.60. The van der Waals surface area contributed by atoms with Gasteiger partial charge in [-0.05, 0) is 31.6 Å². The zero-order valence-electron chi connectivity index (χ0n) is 6.22. The minimum absolute atomic E-state index is 0.348. The van der Waals surface area contributed by atoms with Crippen molar-refractivity contribution >= 4 is 5.97 Å². The number of alkyl halides is 1. The highest BCUT2D eigenvalue weighted by molar-refractivity contribution is 5.76. The fourth-order valence-electron chi connectivity index (χ4n) is 2.51. The number of hydrogen-bond donors (Lipinski definition) is 1. The van der Waals surface area contributed by atoms with Crippen LogP contribution in [0.15, 0.2) is 0 Å². The summed E-state index contributed by atoms with van der Waals surface area (Å²) in [6.07, 6.45) is 1.43. The largest absolute Gasteiger partial charge is 0.481 e. The number of rotatable bonds is 1. The summed E-state index contributed by atoms with van der Waals surface area (Å²) in [5.74, 6) is -0.578. The third kappa shape index (κ3) is 0.739. The molecule has 1 N–H and O–H groups in total. The second-order valence-electron chi connectivity index (χ2n) is 3.77. The predicted molar refractivity (Wildman–Crippen MR) is 36.9 cm³/mol. The number of halogens is 1. The molecule has 0 aromatic carbocycles. The van der Waals surface area contributed by atoms with Gasteiger partial charge in [-0.25, -0.2) is 4.39 Å². The smallest absolute Gasteiger partial charge is 0.312 e. The van der Waals surface area contributed by atoms with Gasteiger partial charge in [-0.2, -0.15) is 0 Å². The van der Waals surface area contributed by atoms with E-state index in [1.165, 1.54) is 0 Å². The van der Waals surface area contributed by atoms with Gasteiger partial charge in [0, 0.05) is 0 Å². The molecule has 2 nitrogen and oxygen atoms in total. The Kier molecular flexibility index (Phi) is 1.26. The third-order valence-corrected chi connectivity index (χ3v) is 3.22. The van der Waals surface area contributed by atoms with E-state index in [4.69, 9.17) is 5.11 Å². The number of carbonyl (C=O) groups is 1. The van der Waals surface area contributed by atoms with E-state index in [0.29, 0.717) is 25.2 Å². The topological polar surface area (TPSA) is 37.3 Å². The number of hydrogen-bond acceptors (Lipinski definition) is 1. The number of carboxylic acids is 1. The summed E-state index contributed by atoms with van der Waals surface area (Å²) in [4.78, 5) is 10.8. The van der Waals surface area contributed by atoms with Crippen LogP contribution in [-0.2, 0) is 4.79 Å². The Morgan fingerprint density at radius 1 is 1.64 bits per heavy atom. The van der Waals surface area contributed by atoms with Gasteiger partial charge in [-0.1, -0.05) is 0 Å². The molecular weight excluding hydrogens is 147 g/mol. The lowest BCUT2D eigenvalue weighted by atomic mass is 9.83. The van der Waals surface area contributed by atoms with Crippen molar-refractivity contribution in [2.45, 2.75) is 31.9 Å². The Bertz CT molecular complexity index is 204. The van der Waals surface area contributed by atoms with Gasteiger partial charge in [0.15, 0.2) is 0 Å². The fraction of sp³-hybridized carbons (Fsp3) is 0.875. The van der Waals surface area contributed by atoms with Crippen molar-refractivity contribution < 1.29 is 14.3 Å². The fourth-order valence-corrected chi connectivity index (χ4v) is 2.51. The molecule has 0 spiro atoms. The molecule has 0 radical (unpaired) electrons. The minimum Gasteiger partial charge on any atom is -0.481 e. The molecule has 0 saturated heterocycles. The first-order valence-corrected chi connectivity index (χ1v) is 4.02. The van der Waals surface area contributed by atoms with Crippen molar-refractivity contribution in [3.05, 3.63) is 0 Å². The van der Waals surface area contributed by atoms with E-state index in [0.717, 1.165) is 6.42 Å². The van der Waals surface area contributed by atoms with Crippen LogP contribution in [0.25, 0.3) is 0 Å². The molecule has 11 heavy (non-hydrogen) atoms. The zero-order chi connectivity index (χ0) is 8.06. The Labute approximate surface area is 64.4 Å². The maximum atomic E-state index is 13.1. The van der Waals surface area contributed by atoms with E-state index >= 15 is 0 Å². The Balaban J connectivity index is 2.29. The number of fused-ring (bicyclic) bond motifs is 2. The van der Waals surface area contributed by atoms with Gasteiger partial charge in [0.1, 0.15) is 6.17 Å². The molecule has 62 valence electrons. The van der Waals surface area contributed by atoms with Crippen LogP contribution in [0, 0.1) is 11.3 Å². The third-order valence-electron chi connectivity index (χ3n) is 3.22. The van der Waals surface area contributed by atoms with E-state index in [1.54, 1.807) is 0 Å². The normalized spacial score (nSPS) is 48.1.